The van der Waals surface area contributed by atoms with E-state index < -0.39 is 0 Å². The Bertz CT molecular complexity index is 473. The molecule has 6 nitrogen and oxygen atoms in total. The molecule has 7 heteroatoms. The van der Waals surface area contributed by atoms with Crippen molar-refractivity contribution in [3.05, 3.63) is 0 Å². The van der Waals surface area contributed by atoms with Crippen molar-refractivity contribution in [2.45, 2.75) is 63.5 Å². The first-order valence-electron chi connectivity index (χ1n) is 10.1. The fourth-order valence-corrected chi connectivity index (χ4v) is 4.29. The van der Waals surface area contributed by atoms with E-state index in [0.717, 1.165) is 19.0 Å². The fourth-order valence-electron chi connectivity index (χ4n) is 4.29. The molecule has 1 saturated carbocycles. The van der Waals surface area contributed by atoms with E-state index in [1.807, 2.05) is 0 Å². The topological polar surface area (TPSA) is 51.2 Å². The van der Waals surface area contributed by atoms with Gasteiger partial charge in [-0.1, -0.05) is 19.3 Å². The highest BCUT2D eigenvalue weighted by molar-refractivity contribution is 14.0. The second-order valence-electron chi connectivity index (χ2n) is 8.04. The minimum atomic E-state index is 0. The quantitative estimate of drug-likeness (QED) is 0.383. The molecule has 1 N–H and O–H groups in total. The highest BCUT2D eigenvalue weighted by Gasteiger charge is 2.31. The molecule has 26 heavy (non-hydrogen) atoms. The molecular weight excluding hydrogens is 441 g/mol. The maximum Gasteiger partial charge on any atom is 0.243 e. The molecule has 3 aliphatic rings. The van der Waals surface area contributed by atoms with Gasteiger partial charge in [-0.25, -0.2) is 4.99 Å². The lowest BCUT2D eigenvalue weighted by molar-refractivity contribution is -0.127. The Balaban J connectivity index is 0.00000243. The number of hydrogen-bond acceptors (Lipinski definition) is 3. The summed E-state index contributed by atoms with van der Waals surface area (Å²) in [5.41, 5.74) is 0. The number of nitrogens with one attached hydrogen (secondary N) is 1. The third-order valence-electron chi connectivity index (χ3n) is 5.92. The van der Waals surface area contributed by atoms with E-state index in [4.69, 9.17) is 4.99 Å². The van der Waals surface area contributed by atoms with Crippen LogP contribution in [0.15, 0.2) is 4.99 Å². The first-order chi connectivity index (χ1) is 12.1. The number of hydrogen-bond donors (Lipinski definition) is 1. The normalized spacial score (nSPS) is 25.2. The Hall–Kier alpha value is -0.570. The van der Waals surface area contributed by atoms with Crippen molar-refractivity contribution in [3.8, 4) is 0 Å². The van der Waals surface area contributed by atoms with Crippen LogP contribution in [0.5, 0.6) is 0 Å². The summed E-state index contributed by atoms with van der Waals surface area (Å²) in [6.45, 7) is 4.85. The second-order valence-corrected chi connectivity index (χ2v) is 8.04. The van der Waals surface area contributed by atoms with Gasteiger partial charge in [0.1, 0.15) is 6.54 Å². The van der Waals surface area contributed by atoms with Gasteiger partial charge in [-0.05, 0) is 45.2 Å². The van der Waals surface area contributed by atoms with Gasteiger partial charge in [-0.3, -0.25) is 9.69 Å². The molecule has 2 saturated heterocycles. The molecule has 0 spiro atoms. The summed E-state index contributed by atoms with van der Waals surface area (Å²) < 4.78 is 0. The molecule has 1 amide bonds. The van der Waals surface area contributed by atoms with Gasteiger partial charge in [0.05, 0.1) is 0 Å². The second kappa shape index (κ2) is 10.7. The number of nitrogens with zero attached hydrogens (tertiary/aromatic N) is 4. The zero-order valence-electron chi connectivity index (χ0n) is 16.5. The Labute approximate surface area is 175 Å². The van der Waals surface area contributed by atoms with Crippen molar-refractivity contribution >= 4 is 35.8 Å². The van der Waals surface area contributed by atoms with Gasteiger partial charge in [-0.15, -0.1) is 24.0 Å². The number of amides is 1. The highest BCUT2D eigenvalue weighted by Crippen LogP contribution is 2.22. The molecule has 1 aliphatic carbocycles. The number of halogens is 1. The summed E-state index contributed by atoms with van der Waals surface area (Å²) in [5.74, 6) is 1.03. The first kappa shape index (κ1) is 21.7. The Morgan fingerprint density at radius 2 is 1.73 bits per heavy atom. The van der Waals surface area contributed by atoms with Crippen LogP contribution in [-0.2, 0) is 4.79 Å². The van der Waals surface area contributed by atoms with Crippen LogP contribution in [0.1, 0.15) is 51.4 Å². The van der Waals surface area contributed by atoms with Crippen molar-refractivity contribution in [2.75, 3.05) is 46.8 Å². The van der Waals surface area contributed by atoms with Crippen molar-refractivity contribution in [3.63, 3.8) is 0 Å². The molecule has 0 aromatic heterocycles. The minimum Gasteiger partial charge on any atom is -0.353 e. The molecule has 1 atom stereocenters. The Morgan fingerprint density at radius 1 is 1.04 bits per heavy atom. The number of likely N-dealkylation sites (N-methyl/N-ethyl adjacent to an activating group) is 1. The van der Waals surface area contributed by atoms with E-state index in [2.05, 4.69) is 15.1 Å². The molecule has 150 valence electrons. The molecule has 0 radical (unpaired) electrons. The summed E-state index contributed by atoms with van der Waals surface area (Å²) in [6, 6.07) is 1.18. The van der Waals surface area contributed by atoms with E-state index in [-0.39, 0.29) is 36.4 Å². The van der Waals surface area contributed by atoms with Gasteiger partial charge in [-0.2, -0.15) is 0 Å². The summed E-state index contributed by atoms with van der Waals surface area (Å²) in [4.78, 5) is 23.4. The van der Waals surface area contributed by atoms with Gasteiger partial charge in [0.15, 0.2) is 5.96 Å². The average molecular weight is 477 g/mol. The number of carbonyl (C=O) groups excluding carboxylic acids is 1. The predicted molar refractivity (Wildman–Crippen MR) is 117 cm³/mol. The summed E-state index contributed by atoms with van der Waals surface area (Å²) in [5, 5.41) is 3.69. The summed E-state index contributed by atoms with van der Waals surface area (Å²) in [7, 11) is 3.59. The van der Waals surface area contributed by atoms with Crippen LogP contribution in [0.4, 0.5) is 0 Å². The summed E-state index contributed by atoms with van der Waals surface area (Å²) in [6.07, 6.45) is 10.3. The van der Waals surface area contributed by atoms with Crippen LogP contribution >= 0.6 is 24.0 Å². The maximum absolute atomic E-state index is 12.0. The maximum atomic E-state index is 12.0. The van der Waals surface area contributed by atoms with Crippen molar-refractivity contribution < 1.29 is 4.79 Å². The molecule has 3 fully saturated rings. The molecule has 0 aromatic rings. The van der Waals surface area contributed by atoms with E-state index in [1.54, 1.807) is 19.0 Å². The molecule has 3 rings (SSSR count). The van der Waals surface area contributed by atoms with Gasteiger partial charge in [0, 0.05) is 39.3 Å². The SMILES string of the molecule is CN(C)C(=O)CN=C(NC1CCCCC1)N1CCC(N2CCCC2)C1.I. The van der Waals surface area contributed by atoms with Gasteiger partial charge in [0.2, 0.25) is 5.91 Å². The number of carbonyl (C=O) groups is 1. The molecule has 1 unspecified atom stereocenters. The average Bonchev–Trinajstić information content (AvgIpc) is 3.30. The standard InChI is InChI=1S/C19H35N5O.HI/c1-22(2)18(25)14-20-19(21-16-8-4-3-5-9-16)24-13-10-17(15-24)23-11-6-7-12-23;/h16-17H,3-15H2,1-2H3,(H,20,21);1H. The van der Waals surface area contributed by atoms with Crippen molar-refractivity contribution in [2.24, 2.45) is 4.99 Å². The van der Waals surface area contributed by atoms with E-state index in [0.29, 0.717) is 12.1 Å². The third kappa shape index (κ3) is 5.97. The zero-order valence-corrected chi connectivity index (χ0v) is 18.8. The van der Waals surface area contributed by atoms with Crippen LogP contribution in [0, 0.1) is 0 Å². The number of likely N-dealkylation sites (tertiary alicyclic amines) is 2. The Morgan fingerprint density at radius 3 is 2.38 bits per heavy atom. The number of aliphatic imine (C=N–C) groups is 1. The fraction of sp³-hybridized carbons (Fsp3) is 0.895. The lowest BCUT2D eigenvalue weighted by Gasteiger charge is -2.30. The molecule has 2 aliphatic heterocycles. The van der Waals surface area contributed by atoms with Crippen molar-refractivity contribution in [1.29, 1.82) is 0 Å². The predicted octanol–water partition coefficient (Wildman–Crippen LogP) is 2.14. The number of guanidine groups is 1. The van der Waals surface area contributed by atoms with Crippen molar-refractivity contribution in [1.82, 2.24) is 20.0 Å². The lowest BCUT2D eigenvalue weighted by atomic mass is 9.96. The van der Waals surface area contributed by atoms with E-state index in [9.17, 15) is 4.79 Å². The van der Waals surface area contributed by atoms with Crippen LogP contribution in [0.2, 0.25) is 0 Å². The summed E-state index contributed by atoms with van der Waals surface area (Å²) >= 11 is 0. The van der Waals surface area contributed by atoms with Crippen LogP contribution < -0.4 is 5.32 Å². The monoisotopic (exact) mass is 477 g/mol. The van der Waals surface area contributed by atoms with Crippen LogP contribution in [-0.4, -0.2) is 85.5 Å². The lowest BCUT2D eigenvalue weighted by Crippen LogP contribution is -2.47. The first-order valence-corrected chi connectivity index (χ1v) is 10.1. The van der Waals surface area contributed by atoms with Gasteiger partial charge < -0.3 is 15.1 Å². The van der Waals surface area contributed by atoms with Crippen LogP contribution in [0.3, 0.4) is 0 Å². The van der Waals surface area contributed by atoms with E-state index in [1.165, 1.54) is 64.5 Å². The smallest absolute Gasteiger partial charge is 0.243 e. The largest absolute Gasteiger partial charge is 0.353 e. The van der Waals surface area contributed by atoms with Gasteiger partial charge in [0.25, 0.3) is 0 Å². The minimum absolute atomic E-state index is 0. The third-order valence-corrected chi connectivity index (χ3v) is 5.92. The van der Waals surface area contributed by atoms with Gasteiger partial charge >= 0.3 is 0 Å². The zero-order chi connectivity index (χ0) is 17.6. The Kier molecular flexibility index (Phi) is 8.93. The highest BCUT2D eigenvalue weighted by atomic mass is 127. The molecular formula is C19H36IN5O. The molecule has 0 bridgehead atoms. The number of rotatable bonds is 4. The van der Waals surface area contributed by atoms with Crippen LogP contribution in [0.25, 0.3) is 0 Å². The molecule has 0 aromatic carbocycles. The molecule has 2 heterocycles. The van der Waals surface area contributed by atoms with E-state index >= 15 is 0 Å².